The summed E-state index contributed by atoms with van der Waals surface area (Å²) >= 11 is 1.69. The van der Waals surface area contributed by atoms with Crippen LogP contribution >= 0.6 is 11.8 Å². The number of hydrogen-bond acceptors (Lipinski definition) is 7. The van der Waals surface area contributed by atoms with Gasteiger partial charge in [0.1, 0.15) is 12.0 Å². The van der Waals surface area contributed by atoms with E-state index in [1.807, 2.05) is 54.6 Å². The predicted molar refractivity (Wildman–Crippen MR) is 122 cm³/mol. The first-order valence-electron chi connectivity index (χ1n) is 10.4. The van der Waals surface area contributed by atoms with Crippen molar-refractivity contribution in [3.63, 3.8) is 0 Å². The highest BCUT2D eigenvalue weighted by Gasteiger charge is 2.37. The molecule has 1 fully saturated rings. The van der Waals surface area contributed by atoms with Crippen molar-refractivity contribution in [3.05, 3.63) is 82.9 Å². The lowest BCUT2D eigenvalue weighted by molar-refractivity contribution is -0.0317. The molecule has 0 N–H and O–H groups in total. The molecular formula is C24H26N2O5S. The molecule has 1 aliphatic heterocycles. The van der Waals surface area contributed by atoms with Crippen LogP contribution in [0.1, 0.15) is 18.2 Å². The Hall–Kier alpha value is -2.81. The van der Waals surface area contributed by atoms with Gasteiger partial charge in [-0.15, -0.1) is 11.8 Å². The smallest absolute Gasteiger partial charge is 0.352 e. The van der Waals surface area contributed by atoms with Crippen LogP contribution < -0.4 is 15.2 Å². The van der Waals surface area contributed by atoms with Crippen LogP contribution in [0.3, 0.4) is 0 Å². The normalized spacial score (nSPS) is 20.2. The molecule has 3 atom stereocenters. The van der Waals surface area contributed by atoms with E-state index in [2.05, 4.69) is 4.98 Å². The van der Waals surface area contributed by atoms with Crippen molar-refractivity contribution in [2.24, 2.45) is 0 Å². The number of nitrogens with zero attached hydrogens (tertiary/aromatic N) is 2. The maximum Gasteiger partial charge on any atom is 0.352 e. The zero-order valence-corrected chi connectivity index (χ0v) is 18.9. The summed E-state index contributed by atoms with van der Waals surface area (Å²) in [5, 5.41) is 0. The van der Waals surface area contributed by atoms with Crippen LogP contribution in [0.15, 0.2) is 76.6 Å². The minimum absolute atomic E-state index is 0.153. The first-order valence-corrected chi connectivity index (χ1v) is 11.4. The molecule has 7 nitrogen and oxygen atoms in total. The van der Waals surface area contributed by atoms with Gasteiger partial charge in [-0.25, -0.2) is 4.79 Å². The molecule has 0 radical (unpaired) electrons. The second kappa shape index (κ2) is 10.7. The highest BCUT2D eigenvalue weighted by atomic mass is 32.2. The maximum atomic E-state index is 12.5. The molecule has 0 saturated carbocycles. The molecule has 0 bridgehead atoms. The predicted octanol–water partition coefficient (Wildman–Crippen LogP) is 3.93. The highest BCUT2D eigenvalue weighted by molar-refractivity contribution is 7.99. The van der Waals surface area contributed by atoms with Crippen LogP contribution in [-0.4, -0.2) is 41.7 Å². The molecule has 2 aromatic carbocycles. The summed E-state index contributed by atoms with van der Waals surface area (Å²) in [5.74, 6) is 1.80. The van der Waals surface area contributed by atoms with E-state index in [4.69, 9.17) is 18.9 Å². The quantitative estimate of drug-likeness (QED) is 0.454. The van der Waals surface area contributed by atoms with Gasteiger partial charge >= 0.3 is 5.69 Å². The number of thioether (sulfide) groups is 1. The van der Waals surface area contributed by atoms with E-state index in [0.29, 0.717) is 18.8 Å². The third kappa shape index (κ3) is 5.51. The second-order valence-corrected chi connectivity index (χ2v) is 8.44. The summed E-state index contributed by atoms with van der Waals surface area (Å²) < 4.78 is 24.3. The summed E-state index contributed by atoms with van der Waals surface area (Å²) in [7, 11) is 3.14. The van der Waals surface area contributed by atoms with E-state index in [-0.39, 0.29) is 18.1 Å². The first-order chi connectivity index (χ1) is 15.7. The number of hydrogen-bond donors (Lipinski definition) is 0. The van der Waals surface area contributed by atoms with Gasteiger partial charge in [-0.05, 0) is 29.8 Å². The molecule has 0 aliphatic carbocycles. The zero-order valence-electron chi connectivity index (χ0n) is 18.0. The van der Waals surface area contributed by atoms with Gasteiger partial charge < -0.3 is 18.9 Å². The van der Waals surface area contributed by atoms with Crippen LogP contribution in [-0.2, 0) is 16.1 Å². The number of aromatic nitrogens is 2. The van der Waals surface area contributed by atoms with Crippen LogP contribution in [0, 0.1) is 0 Å². The second-order valence-electron chi connectivity index (χ2n) is 7.35. The maximum absolute atomic E-state index is 12.5. The van der Waals surface area contributed by atoms with Crippen molar-refractivity contribution < 1.29 is 18.9 Å². The van der Waals surface area contributed by atoms with Gasteiger partial charge in [0.25, 0.3) is 0 Å². The lowest BCUT2D eigenvalue weighted by atomic mass is 10.2. The molecule has 168 valence electrons. The molecule has 4 rings (SSSR count). The lowest BCUT2D eigenvalue weighted by Gasteiger charge is -2.19. The van der Waals surface area contributed by atoms with Crippen molar-refractivity contribution in [1.29, 1.82) is 0 Å². The van der Waals surface area contributed by atoms with E-state index < -0.39 is 11.9 Å². The summed E-state index contributed by atoms with van der Waals surface area (Å²) in [6.07, 6.45) is 1.45. The van der Waals surface area contributed by atoms with Gasteiger partial charge in [0, 0.05) is 29.3 Å². The average Bonchev–Trinajstić information content (AvgIpc) is 3.25. The average molecular weight is 455 g/mol. The molecule has 1 saturated heterocycles. The van der Waals surface area contributed by atoms with Gasteiger partial charge in [0.05, 0.1) is 33.0 Å². The molecule has 3 aromatic rings. The van der Waals surface area contributed by atoms with Crippen molar-refractivity contribution in [2.75, 3.05) is 20.0 Å². The Bertz CT molecular complexity index is 1060. The molecule has 2 heterocycles. The fourth-order valence-corrected chi connectivity index (χ4v) is 4.53. The molecule has 0 unspecified atom stereocenters. The van der Waals surface area contributed by atoms with Gasteiger partial charge in [0.15, 0.2) is 0 Å². The van der Waals surface area contributed by atoms with E-state index in [1.54, 1.807) is 31.1 Å². The number of ether oxygens (including phenoxy) is 4. The summed E-state index contributed by atoms with van der Waals surface area (Å²) in [5.41, 5.74) is 0.695. The van der Waals surface area contributed by atoms with Gasteiger partial charge in [-0.1, -0.05) is 30.3 Å². The van der Waals surface area contributed by atoms with Crippen molar-refractivity contribution in [2.45, 2.75) is 36.4 Å². The zero-order chi connectivity index (χ0) is 22.3. The Morgan fingerprint density at radius 2 is 1.84 bits per heavy atom. The molecular weight excluding hydrogens is 428 g/mol. The molecule has 1 aromatic heterocycles. The molecule has 32 heavy (non-hydrogen) atoms. The minimum Gasteiger partial charge on any atom is -0.497 e. The summed E-state index contributed by atoms with van der Waals surface area (Å²) in [6, 6.07) is 19.6. The summed E-state index contributed by atoms with van der Waals surface area (Å²) in [4.78, 5) is 17.5. The van der Waals surface area contributed by atoms with E-state index in [0.717, 1.165) is 16.2 Å². The number of benzene rings is 2. The van der Waals surface area contributed by atoms with Gasteiger partial charge in [-0.3, -0.25) is 4.57 Å². The van der Waals surface area contributed by atoms with Crippen molar-refractivity contribution >= 4 is 11.8 Å². The van der Waals surface area contributed by atoms with Crippen LogP contribution in [0.25, 0.3) is 0 Å². The van der Waals surface area contributed by atoms with Crippen LogP contribution in [0.5, 0.6) is 11.6 Å². The Morgan fingerprint density at radius 1 is 1.06 bits per heavy atom. The van der Waals surface area contributed by atoms with E-state index in [1.165, 1.54) is 11.7 Å². The highest BCUT2D eigenvalue weighted by Crippen LogP contribution is 2.34. The summed E-state index contributed by atoms with van der Waals surface area (Å²) in [6.45, 7) is 0.487. The Kier molecular flexibility index (Phi) is 7.47. The SMILES string of the molecule is COc1ccc(SC[C@H]2O[C@@H](n3ccc(OC)nc3=O)C[C@@H]2OCc2ccccc2)cc1. The Morgan fingerprint density at radius 3 is 2.53 bits per heavy atom. The van der Waals surface area contributed by atoms with E-state index >= 15 is 0 Å². The third-order valence-corrected chi connectivity index (χ3v) is 6.39. The fourth-order valence-electron chi connectivity index (χ4n) is 3.55. The van der Waals surface area contributed by atoms with Crippen LogP contribution in [0.4, 0.5) is 0 Å². The fraction of sp³-hybridized carbons (Fsp3) is 0.333. The molecule has 8 heteroatoms. The van der Waals surface area contributed by atoms with E-state index in [9.17, 15) is 4.79 Å². The third-order valence-electron chi connectivity index (χ3n) is 5.28. The molecule has 1 aliphatic rings. The standard InChI is InChI=1S/C24H26N2O5S/c1-28-18-8-10-19(11-9-18)32-16-21-20(30-15-17-6-4-3-5-7-17)14-23(31-21)26-13-12-22(29-2)25-24(26)27/h3-13,20-21,23H,14-16H2,1-2H3/t20-,21+,23+/m0/s1. The Labute approximate surface area is 191 Å². The first kappa shape index (κ1) is 22.4. The minimum atomic E-state index is -0.442. The van der Waals surface area contributed by atoms with Gasteiger partial charge in [0.2, 0.25) is 5.88 Å². The largest absolute Gasteiger partial charge is 0.497 e. The van der Waals surface area contributed by atoms with Gasteiger partial charge in [-0.2, -0.15) is 4.98 Å². The monoisotopic (exact) mass is 454 g/mol. The van der Waals surface area contributed by atoms with Crippen molar-refractivity contribution in [3.8, 4) is 11.6 Å². The number of rotatable bonds is 9. The van der Waals surface area contributed by atoms with Crippen molar-refractivity contribution in [1.82, 2.24) is 9.55 Å². The molecule has 0 spiro atoms. The topological polar surface area (TPSA) is 71.8 Å². The lowest BCUT2D eigenvalue weighted by Crippen LogP contribution is -2.27. The number of methoxy groups -OCH3 is 2. The Balaban J connectivity index is 1.47. The molecule has 0 amide bonds. The van der Waals surface area contributed by atoms with Crippen LogP contribution in [0.2, 0.25) is 0 Å².